The van der Waals surface area contributed by atoms with E-state index in [1.807, 2.05) is 30.3 Å². The molecule has 158 valence electrons. The van der Waals surface area contributed by atoms with E-state index in [4.69, 9.17) is 21.1 Å². The van der Waals surface area contributed by atoms with E-state index in [1.165, 1.54) is 7.11 Å². The fourth-order valence-corrected chi connectivity index (χ4v) is 3.86. The molecule has 0 saturated heterocycles. The molecule has 4 aromatic rings. The number of benzene rings is 2. The fourth-order valence-electron chi connectivity index (χ4n) is 3.52. The third-order valence-electron chi connectivity index (χ3n) is 4.96. The molecule has 0 bridgehead atoms. The van der Waals surface area contributed by atoms with Gasteiger partial charge < -0.3 is 13.9 Å². The van der Waals surface area contributed by atoms with Crippen molar-refractivity contribution in [3.05, 3.63) is 89.6 Å². The minimum Gasteiger partial charge on any atom is -0.496 e. The molecule has 4 rings (SSSR count). The van der Waals surface area contributed by atoms with Crippen LogP contribution in [0.15, 0.2) is 67.0 Å². The van der Waals surface area contributed by atoms with Gasteiger partial charge in [-0.15, -0.1) is 11.6 Å². The van der Waals surface area contributed by atoms with Crippen molar-refractivity contribution in [1.82, 2.24) is 9.38 Å². The van der Waals surface area contributed by atoms with Gasteiger partial charge in [0.15, 0.2) is 5.69 Å². The molecule has 31 heavy (non-hydrogen) atoms. The van der Waals surface area contributed by atoms with Crippen LogP contribution in [0.1, 0.15) is 33.9 Å². The van der Waals surface area contributed by atoms with Gasteiger partial charge in [-0.05, 0) is 24.6 Å². The number of nitrogens with zero attached hydrogens (tertiary/aromatic N) is 2. The van der Waals surface area contributed by atoms with Crippen LogP contribution in [0.5, 0.6) is 5.75 Å². The Hall–Kier alpha value is -3.38. The van der Waals surface area contributed by atoms with E-state index >= 15 is 4.39 Å². The Bertz CT molecular complexity index is 1240. The Balaban J connectivity index is 1.83. The van der Waals surface area contributed by atoms with Crippen LogP contribution in [0, 0.1) is 5.82 Å². The predicted octanol–water partition coefficient (Wildman–Crippen LogP) is 5.65. The number of carbonyl (C=O) groups is 1. The topological polar surface area (TPSA) is 52.8 Å². The molecule has 0 fully saturated rings. The zero-order valence-corrected chi connectivity index (χ0v) is 17.8. The van der Waals surface area contributed by atoms with Gasteiger partial charge in [-0.2, -0.15) is 0 Å². The minimum atomic E-state index is -0.838. The largest absolute Gasteiger partial charge is 0.496 e. The zero-order valence-electron chi connectivity index (χ0n) is 17.0. The lowest BCUT2D eigenvalue weighted by Gasteiger charge is -2.17. The molecule has 1 atom stereocenters. The zero-order chi connectivity index (χ0) is 22.0. The van der Waals surface area contributed by atoms with E-state index in [0.717, 1.165) is 0 Å². The monoisotopic (exact) mass is 438 g/mol. The molecule has 0 saturated carbocycles. The van der Waals surface area contributed by atoms with E-state index in [2.05, 4.69) is 4.98 Å². The van der Waals surface area contributed by atoms with Crippen molar-refractivity contribution < 1.29 is 18.7 Å². The van der Waals surface area contributed by atoms with Gasteiger partial charge in [0, 0.05) is 23.5 Å². The number of esters is 1. The Morgan fingerprint density at radius 3 is 2.61 bits per heavy atom. The van der Waals surface area contributed by atoms with Gasteiger partial charge in [0.25, 0.3) is 0 Å². The number of aromatic nitrogens is 2. The first-order valence-corrected chi connectivity index (χ1v) is 10.2. The summed E-state index contributed by atoms with van der Waals surface area (Å²) in [7, 11) is 1.50. The van der Waals surface area contributed by atoms with Gasteiger partial charge in [0.1, 0.15) is 17.2 Å². The number of pyridine rings is 1. The van der Waals surface area contributed by atoms with Crippen LogP contribution in [0.2, 0.25) is 0 Å². The standard InChI is InChI=1S/C24H20ClFN2O3/c1-3-31-24(29)18-14-28-13-7-10-17(23(28)27-18)21(25)16-11-12-19(30-2)20(22(16)26)15-8-5-4-6-9-15/h4-14,21H,3H2,1-2H3. The molecule has 2 aromatic heterocycles. The summed E-state index contributed by atoms with van der Waals surface area (Å²) in [4.78, 5) is 16.5. The van der Waals surface area contributed by atoms with Gasteiger partial charge in [-0.3, -0.25) is 0 Å². The number of imidazole rings is 1. The normalized spacial score (nSPS) is 12.0. The third-order valence-corrected chi connectivity index (χ3v) is 5.43. The quantitative estimate of drug-likeness (QED) is 0.288. The van der Waals surface area contributed by atoms with Crippen molar-refractivity contribution in [2.75, 3.05) is 13.7 Å². The van der Waals surface area contributed by atoms with E-state index in [1.54, 1.807) is 48.0 Å². The van der Waals surface area contributed by atoms with Crippen LogP contribution in [-0.4, -0.2) is 29.1 Å². The number of fused-ring (bicyclic) bond motifs is 1. The molecule has 1 unspecified atom stereocenters. The molecular formula is C24H20ClFN2O3. The van der Waals surface area contributed by atoms with Crippen molar-refractivity contribution in [3.8, 4) is 16.9 Å². The second-order valence-electron chi connectivity index (χ2n) is 6.82. The van der Waals surface area contributed by atoms with E-state index in [0.29, 0.717) is 28.1 Å². The summed E-state index contributed by atoms with van der Waals surface area (Å²) in [6, 6.07) is 16.0. The maximum Gasteiger partial charge on any atom is 0.358 e. The molecule has 7 heteroatoms. The number of ether oxygens (including phenoxy) is 2. The molecule has 2 aromatic carbocycles. The smallest absolute Gasteiger partial charge is 0.358 e. The van der Waals surface area contributed by atoms with Gasteiger partial charge >= 0.3 is 5.97 Å². The first-order chi connectivity index (χ1) is 15.0. The number of carbonyl (C=O) groups excluding carboxylic acids is 1. The number of methoxy groups -OCH3 is 1. The molecule has 0 aliphatic carbocycles. The first kappa shape index (κ1) is 20.9. The predicted molar refractivity (Wildman–Crippen MR) is 117 cm³/mol. The van der Waals surface area contributed by atoms with Gasteiger partial charge in [-0.1, -0.05) is 42.5 Å². The number of halogens is 2. The summed E-state index contributed by atoms with van der Waals surface area (Å²) in [5.41, 5.74) is 2.51. The number of hydrogen-bond donors (Lipinski definition) is 0. The average molecular weight is 439 g/mol. The molecule has 0 aliphatic heterocycles. The van der Waals surface area contributed by atoms with Crippen LogP contribution >= 0.6 is 11.6 Å². The maximum absolute atomic E-state index is 15.7. The summed E-state index contributed by atoms with van der Waals surface area (Å²) in [5.74, 6) is -0.574. The highest BCUT2D eigenvalue weighted by Crippen LogP contribution is 2.40. The Kier molecular flexibility index (Phi) is 5.91. The number of alkyl halides is 1. The highest BCUT2D eigenvalue weighted by molar-refractivity contribution is 6.23. The van der Waals surface area contributed by atoms with Gasteiger partial charge in [0.2, 0.25) is 0 Å². The SMILES string of the molecule is CCOC(=O)c1cn2cccc(C(Cl)c3ccc(OC)c(-c4ccccc4)c3F)c2n1. The summed E-state index contributed by atoms with van der Waals surface area (Å²) in [6.07, 6.45) is 3.32. The van der Waals surface area contributed by atoms with Crippen LogP contribution < -0.4 is 4.74 Å². The van der Waals surface area contributed by atoms with Crippen LogP contribution in [0.3, 0.4) is 0 Å². The highest BCUT2D eigenvalue weighted by atomic mass is 35.5. The van der Waals surface area contributed by atoms with Gasteiger partial charge in [0.05, 0.1) is 24.7 Å². The Labute approximate surface area is 184 Å². The first-order valence-electron chi connectivity index (χ1n) is 9.75. The second-order valence-corrected chi connectivity index (χ2v) is 7.25. The second kappa shape index (κ2) is 8.78. The van der Waals surface area contributed by atoms with Gasteiger partial charge in [-0.25, -0.2) is 14.2 Å². The number of rotatable bonds is 6. The van der Waals surface area contributed by atoms with Crippen molar-refractivity contribution in [2.24, 2.45) is 0 Å². The Morgan fingerprint density at radius 2 is 1.90 bits per heavy atom. The highest BCUT2D eigenvalue weighted by Gasteiger charge is 2.24. The summed E-state index contributed by atoms with van der Waals surface area (Å²) >= 11 is 6.77. The van der Waals surface area contributed by atoms with E-state index < -0.39 is 17.2 Å². The summed E-state index contributed by atoms with van der Waals surface area (Å²) in [6.45, 7) is 1.97. The molecule has 0 radical (unpaired) electrons. The minimum absolute atomic E-state index is 0.165. The Morgan fingerprint density at radius 1 is 1.13 bits per heavy atom. The number of hydrogen-bond acceptors (Lipinski definition) is 4. The molecule has 0 N–H and O–H groups in total. The maximum atomic E-state index is 15.7. The van der Waals surface area contributed by atoms with Crippen LogP contribution in [-0.2, 0) is 4.74 Å². The summed E-state index contributed by atoms with van der Waals surface area (Å²) < 4.78 is 27.8. The molecular weight excluding hydrogens is 419 g/mol. The lowest BCUT2D eigenvalue weighted by atomic mass is 9.97. The van der Waals surface area contributed by atoms with Crippen molar-refractivity contribution in [3.63, 3.8) is 0 Å². The fraction of sp³-hybridized carbons (Fsp3) is 0.167. The van der Waals surface area contributed by atoms with Crippen molar-refractivity contribution >= 4 is 23.2 Å². The van der Waals surface area contributed by atoms with Crippen LogP contribution in [0.4, 0.5) is 4.39 Å². The summed E-state index contributed by atoms with van der Waals surface area (Å²) in [5, 5.41) is -0.838. The molecule has 0 amide bonds. The lowest BCUT2D eigenvalue weighted by molar-refractivity contribution is 0.0520. The molecule has 2 heterocycles. The third kappa shape index (κ3) is 3.86. The van der Waals surface area contributed by atoms with Crippen LogP contribution in [0.25, 0.3) is 16.8 Å². The molecule has 5 nitrogen and oxygen atoms in total. The molecule has 0 aliphatic rings. The van der Waals surface area contributed by atoms with Crippen molar-refractivity contribution in [2.45, 2.75) is 12.3 Å². The average Bonchev–Trinajstić information content (AvgIpc) is 3.24. The van der Waals surface area contributed by atoms with E-state index in [9.17, 15) is 4.79 Å². The molecule has 0 spiro atoms. The van der Waals surface area contributed by atoms with E-state index in [-0.39, 0.29) is 17.9 Å². The lowest BCUT2D eigenvalue weighted by Crippen LogP contribution is -2.05. The van der Waals surface area contributed by atoms with Crippen molar-refractivity contribution in [1.29, 1.82) is 0 Å².